The molecule has 6 nitrogen and oxygen atoms in total. The van der Waals surface area contributed by atoms with Crippen LogP contribution >= 0.6 is 0 Å². The van der Waals surface area contributed by atoms with Gasteiger partial charge < -0.3 is 20.2 Å². The molecule has 1 aliphatic rings. The normalized spacial score (nSPS) is 17.5. The Morgan fingerprint density at radius 3 is 2.77 bits per heavy atom. The second kappa shape index (κ2) is 7.15. The number of hydrogen-bond acceptors (Lipinski definition) is 4. The fraction of sp³-hybridized carbons (Fsp3) is 0.688. The van der Waals surface area contributed by atoms with E-state index < -0.39 is 5.60 Å². The number of rotatable bonds is 8. The minimum Gasteiger partial charge on any atom is -0.466 e. The Balaban J connectivity index is 1.67. The van der Waals surface area contributed by atoms with Crippen LogP contribution in [0.3, 0.4) is 0 Å². The van der Waals surface area contributed by atoms with Crippen molar-refractivity contribution in [1.82, 2.24) is 15.5 Å². The summed E-state index contributed by atoms with van der Waals surface area (Å²) in [7, 11) is 0. The maximum absolute atomic E-state index is 11.8. The standard InChI is InChI=1S/C16H27N3O3/c1-12(2)19(13-6-7-13)9-8-17-15(20)18-11-16(3,21)14-5-4-10-22-14/h4-5,10,12-13,21H,6-9,11H2,1-3H3,(H2,17,18,20). The molecular weight excluding hydrogens is 282 g/mol. The number of amides is 2. The molecule has 22 heavy (non-hydrogen) atoms. The van der Waals surface area contributed by atoms with Gasteiger partial charge in [0, 0.05) is 25.2 Å². The highest BCUT2D eigenvalue weighted by Gasteiger charge is 2.30. The predicted molar refractivity (Wildman–Crippen MR) is 84.5 cm³/mol. The van der Waals surface area contributed by atoms with E-state index in [-0.39, 0.29) is 12.6 Å². The van der Waals surface area contributed by atoms with E-state index in [1.165, 1.54) is 19.1 Å². The van der Waals surface area contributed by atoms with E-state index in [0.29, 0.717) is 24.4 Å². The molecule has 0 aliphatic heterocycles. The lowest BCUT2D eigenvalue weighted by Gasteiger charge is -2.26. The van der Waals surface area contributed by atoms with Gasteiger partial charge in [0.25, 0.3) is 0 Å². The van der Waals surface area contributed by atoms with Crippen molar-refractivity contribution in [1.29, 1.82) is 0 Å². The third-order valence-corrected chi connectivity index (χ3v) is 3.98. The van der Waals surface area contributed by atoms with E-state index in [4.69, 9.17) is 4.42 Å². The van der Waals surface area contributed by atoms with Crippen LogP contribution in [0.1, 0.15) is 39.4 Å². The van der Waals surface area contributed by atoms with Crippen molar-refractivity contribution < 1.29 is 14.3 Å². The third-order valence-electron chi connectivity index (χ3n) is 3.98. The van der Waals surface area contributed by atoms with Crippen LogP contribution in [0.5, 0.6) is 0 Å². The van der Waals surface area contributed by atoms with Gasteiger partial charge in [-0.05, 0) is 45.7 Å². The van der Waals surface area contributed by atoms with E-state index >= 15 is 0 Å². The Bertz CT molecular complexity index is 465. The van der Waals surface area contributed by atoms with Crippen LogP contribution in [0.4, 0.5) is 4.79 Å². The third kappa shape index (κ3) is 4.74. The Morgan fingerprint density at radius 1 is 1.50 bits per heavy atom. The maximum Gasteiger partial charge on any atom is 0.314 e. The number of nitrogens with one attached hydrogen (secondary N) is 2. The first kappa shape index (κ1) is 16.8. The first-order chi connectivity index (χ1) is 10.4. The van der Waals surface area contributed by atoms with Crippen LogP contribution in [0.2, 0.25) is 0 Å². The molecule has 0 spiro atoms. The molecule has 0 saturated heterocycles. The molecule has 6 heteroatoms. The zero-order valence-electron chi connectivity index (χ0n) is 13.6. The van der Waals surface area contributed by atoms with E-state index in [9.17, 15) is 9.90 Å². The molecule has 124 valence electrons. The van der Waals surface area contributed by atoms with Crippen molar-refractivity contribution in [2.45, 2.75) is 51.3 Å². The SMILES string of the molecule is CC(C)N(CCNC(=O)NCC(C)(O)c1ccco1)C1CC1. The molecule has 1 aromatic rings. The summed E-state index contributed by atoms with van der Waals surface area (Å²) in [5.74, 6) is 0.438. The average molecular weight is 309 g/mol. The van der Waals surface area contributed by atoms with Gasteiger partial charge in [0.05, 0.1) is 12.8 Å². The largest absolute Gasteiger partial charge is 0.466 e. The highest BCUT2D eigenvalue weighted by molar-refractivity contribution is 5.73. The van der Waals surface area contributed by atoms with E-state index in [0.717, 1.165) is 6.54 Å². The Labute approximate surface area is 131 Å². The number of nitrogens with zero attached hydrogens (tertiary/aromatic N) is 1. The summed E-state index contributed by atoms with van der Waals surface area (Å²) in [6, 6.07) is 4.31. The van der Waals surface area contributed by atoms with Crippen LogP contribution < -0.4 is 10.6 Å². The molecule has 1 unspecified atom stereocenters. The monoisotopic (exact) mass is 309 g/mol. The van der Waals surface area contributed by atoms with Crippen molar-refractivity contribution >= 4 is 6.03 Å². The molecule has 0 radical (unpaired) electrons. The summed E-state index contributed by atoms with van der Waals surface area (Å²) in [4.78, 5) is 14.2. The topological polar surface area (TPSA) is 77.7 Å². The van der Waals surface area contributed by atoms with Crippen molar-refractivity contribution in [3.8, 4) is 0 Å². The predicted octanol–water partition coefficient (Wildman–Crippen LogP) is 1.66. The molecular formula is C16H27N3O3. The van der Waals surface area contributed by atoms with Gasteiger partial charge in [0.2, 0.25) is 0 Å². The smallest absolute Gasteiger partial charge is 0.314 e. The van der Waals surface area contributed by atoms with Gasteiger partial charge in [-0.15, -0.1) is 0 Å². The molecule has 2 rings (SSSR count). The quantitative estimate of drug-likeness (QED) is 0.682. The minimum absolute atomic E-state index is 0.100. The maximum atomic E-state index is 11.8. The number of hydrogen-bond donors (Lipinski definition) is 3. The second-order valence-corrected chi connectivity index (χ2v) is 6.42. The molecule has 3 N–H and O–H groups in total. The summed E-state index contributed by atoms with van der Waals surface area (Å²) in [5, 5.41) is 15.8. The van der Waals surface area contributed by atoms with Crippen LogP contribution in [0, 0.1) is 0 Å². The summed E-state index contributed by atoms with van der Waals surface area (Å²) >= 11 is 0. The van der Waals surface area contributed by atoms with Crippen LogP contribution in [-0.2, 0) is 5.60 Å². The highest BCUT2D eigenvalue weighted by atomic mass is 16.4. The zero-order valence-corrected chi connectivity index (χ0v) is 13.6. The van der Waals surface area contributed by atoms with Crippen LogP contribution in [-0.4, -0.2) is 47.8 Å². The van der Waals surface area contributed by atoms with Gasteiger partial charge >= 0.3 is 6.03 Å². The lowest BCUT2D eigenvalue weighted by molar-refractivity contribution is 0.0367. The first-order valence-electron chi connectivity index (χ1n) is 7.94. The zero-order chi connectivity index (χ0) is 16.2. The number of carbonyl (C=O) groups excluding carboxylic acids is 1. The summed E-state index contributed by atoms with van der Waals surface area (Å²) in [6.07, 6.45) is 4.02. The second-order valence-electron chi connectivity index (χ2n) is 6.42. The summed E-state index contributed by atoms with van der Waals surface area (Å²) < 4.78 is 5.17. The highest BCUT2D eigenvalue weighted by Crippen LogP contribution is 2.27. The Morgan fingerprint density at radius 2 is 2.23 bits per heavy atom. The first-order valence-corrected chi connectivity index (χ1v) is 7.94. The van der Waals surface area contributed by atoms with E-state index in [1.54, 1.807) is 19.1 Å². The van der Waals surface area contributed by atoms with Gasteiger partial charge in [-0.25, -0.2) is 4.79 Å². The molecule has 2 amide bonds. The molecule has 0 aromatic carbocycles. The van der Waals surface area contributed by atoms with E-state index in [2.05, 4.69) is 29.4 Å². The lowest BCUT2D eigenvalue weighted by atomic mass is 10.0. The van der Waals surface area contributed by atoms with Crippen molar-refractivity contribution in [3.05, 3.63) is 24.2 Å². The molecule has 0 bridgehead atoms. The minimum atomic E-state index is -1.21. The molecule has 1 saturated carbocycles. The summed E-state index contributed by atoms with van der Waals surface area (Å²) in [5.41, 5.74) is -1.21. The molecule has 1 fully saturated rings. The van der Waals surface area contributed by atoms with Gasteiger partial charge in [-0.1, -0.05) is 0 Å². The Kier molecular flexibility index (Phi) is 5.47. The lowest BCUT2D eigenvalue weighted by Crippen LogP contribution is -2.46. The number of furan rings is 1. The van der Waals surface area contributed by atoms with Crippen LogP contribution in [0.15, 0.2) is 22.8 Å². The number of urea groups is 1. The van der Waals surface area contributed by atoms with Crippen molar-refractivity contribution in [2.24, 2.45) is 0 Å². The fourth-order valence-electron chi connectivity index (χ4n) is 2.55. The van der Waals surface area contributed by atoms with Gasteiger partial charge in [0.1, 0.15) is 11.4 Å². The Hall–Kier alpha value is -1.53. The van der Waals surface area contributed by atoms with Gasteiger partial charge in [0.15, 0.2) is 0 Å². The average Bonchev–Trinajstić information content (AvgIpc) is 3.12. The fourth-order valence-corrected chi connectivity index (χ4v) is 2.55. The number of aliphatic hydroxyl groups is 1. The van der Waals surface area contributed by atoms with Gasteiger partial charge in [-0.2, -0.15) is 0 Å². The molecule has 1 atom stereocenters. The van der Waals surface area contributed by atoms with Gasteiger partial charge in [-0.3, -0.25) is 4.90 Å². The molecule has 1 aromatic heterocycles. The summed E-state index contributed by atoms with van der Waals surface area (Å²) in [6.45, 7) is 7.52. The molecule has 1 aliphatic carbocycles. The molecule has 1 heterocycles. The van der Waals surface area contributed by atoms with Crippen molar-refractivity contribution in [2.75, 3.05) is 19.6 Å². The van der Waals surface area contributed by atoms with Crippen molar-refractivity contribution in [3.63, 3.8) is 0 Å². The number of carbonyl (C=O) groups is 1. The van der Waals surface area contributed by atoms with E-state index in [1.807, 2.05) is 0 Å². The van der Waals surface area contributed by atoms with Crippen LogP contribution in [0.25, 0.3) is 0 Å².